The molecule has 1 aromatic carbocycles. The average molecular weight is 471 g/mol. The number of benzene rings is 1. The molecule has 0 unspecified atom stereocenters. The van der Waals surface area contributed by atoms with Gasteiger partial charge in [-0.3, -0.25) is 10.4 Å². The summed E-state index contributed by atoms with van der Waals surface area (Å²) in [5, 5.41) is 12.5. The number of carbonyl (C=O) groups excluding carboxylic acids is 2. The molecular weight excluding hydrogens is 452 g/mol. The predicted molar refractivity (Wildman–Crippen MR) is 120 cm³/mol. The van der Waals surface area contributed by atoms with E-state index in [4.69, 9.17) is 14.2 Å². The number of thiophene rings is 1. The minimum atomic E-state index is -0.672. The summed E-state index contributed by atoms with van der Waals surface area (Å²) in [4.78, 5) is 26.4. The average Bonchev–Trinajstić information content (AvgIpc) is 3.60. The van der Waals surface area contributed by atoms with Crippen LogP contribution in [0.25, 0.3) is 0 Å². The first-order valence-electron chi connectivity index (χ1n) is 10.0. The van der Waals surface area contributed by atoms with Crippen LogP contribution in [-0.2, 0) is 25.7 Å². The van der Waals surface area contributed by atoms with E-state index in [1.54, 1.807) is 18.9 Å². The van der Waals surface area contributed by atoms with Crippen molar-refractivity contribution in [2.75, 3.05) is 18.7 Å². The molecule has 164 valence electrons. The van der Waals surface area contributed by atoms with E-state index in [2.05, 4.69) is 15.6 Å². The van der Waals surface area contributed by atoms with E-state index < -0.39 is 16.7 Å². The summed E-state index contributed by atoms with van der Waals surface area (Å²) in [5.74, 6) is -0.495. The van der Waals surface area contributed by atoms with Gasteiger partial charge < -0.3 is 14.2 Å². The van der Waals surface area contributed by atoms with Gasteiger partial charge >= 0.3 is 11.9 Å². The molecule has 0 bridgehead atoms. The predicted octanol–water partition coefficient (Wildman–Crippen LogP) is 1.99. The monoisotopic (exact) mass is 470 g/mol. The van der Waals surface area contributed by atoms with Crippen molar-refractivity contribution in [3.8, 4) is 5.75 Å². The zero-order valence-electron chi connectivity index (χ0n) is 16.9. The molecule has 4 atom stereocenters. The molecule has 2 fully saturated rings. The molecule has 0 aliphatic carbocycles. The Morgan fingerprint density at radius 2 is 2.19 bits per heavy atom. The highest BCUT2D eigenvalue weighted by molar-refractivity contribution is 8.02. The molecule has 0 radical (unpaired) electrons. The third kappa shape index (κ3) is 2.77. The Bertz CT molecular complexity index is 1150. The van der Waals surface area contributed by atoms with Gasteiger partial charge in [0, 0.05) is 4.88 Å². The number of nitrogens with zero attached hydrogens (tertiary/aromatic N) is 3. The van der Waals surface area contributed by atoms with E-state index >= 15 is 0 Å². The lowest BCUT2D eigenvalue weighted by Crippen LogP contribution is -2.50. The summed E-state index contributed by atoms with van der Waals surface area (Å²) in [5.41, 5.74) is 4.56. The van der Waals surface area contributed by atoms with Crippen LogP contribution in [-0.4, -0.2) is 53.2 Å². The lowest BCUT2D eigenvalue weighted by Gasteiger charge is -2.31. The summed E-state index contributed by atoms with van der Waals surface area (Å²) in [6.45, 7) is 0.403. The number of thioether (sulfide) groups is 1. The van der Waals surface area contributed by atoms with E-state index in [0.29, 0.717) is 11.4 Å². The molecular formula is C21H18N4O5S2. The molecule has 0 amide bonds. The van der Waals surface area contributed by atoms with Crippen LogP contribution in [0.1, 0.15) is 4.88 Å². The highest BCUT2D eigenvalue weighted by atomic mass is 32.2. The van der Waals surface area contributed by atoms with Gasteiger partial charge in [0.15, 0.2) is 11.4 Å². The van der Waals surface area contributed by atoms with Gasteiger partial charge in [0.1, 0.15) is 29.1 Å². The molecule has 11 heteroatoms. The van der Waals surface area contributed by atoms with Crippen molar-refractivity contribution in [2.24, 2.45) is 16.1 Å². The highest BCUT2D eigenvalue weighted by Gasteiger charge is 2.71. The zero-order chi connectivity index (χ0) is 21.9. The Kier molecular flexibility index (Phi) is 4.44. The third-order valence-electron chi connectivity index (χ3n) is 6.06. The van der Waals surface area contributed by atoms with Crippen LogP contribution in [0.15, 0.2) is 52.0 Å². The van der Waals surface area contributed by atoms with Crippen LogP contribution in [0.4, 0.5) is 5.69 Å². The lowest BCUT2D eigenvalue weighted by atomic mass is 9.84. The van der Waals surface area contributed by atoms with Crippen LogP contribution >= 0.6 is 23.1 Å². The van der Waals surface area contributed by atoms with E-state index in [0.717, 1.165) is 16.3 Å². The minimum Gasteiger partial charge on any atom is -0.497 e. The number of hydrazone groups is 2. The minimum absolute atomic E-state index is 0.190. The normalized spacial score (nSPS) is 29.5. The van der Waals surface area contributed by atoms with Gasteiger partial charge in [-0.15, -0.1) is 23.1 Å². The summed E-state index contributed by atoms with van der Waals surface area (Å²) in [7, 11) is 1.60. The molecule has 32 heavy (non-hydrogen) atoms. The molecule has 2 saturated heterocycles. The van der Waals surface area contributed by atoms with E-state index in [1.165, 1.54) is 11.3 Å². The van der Waals surface area contributed by atoms with Gasteiger partial charge in [0.25, 0.3) is 0 Å². The Morgan fingerprint density at radius 3 is 2.94 bits per heavy atom. The fourth-order valence-corrected chi connectivity index (χ4v) is 6.96. The Labute approximate surface area is 191 Å². The molecule has 4 aliphatic rings. The van der Waals surface area contributed by atoms with Crippen LogP contribution in [0.3, 0.4) is 0 Å². The summed E-state index contributed by atoms with van der Waals surface area (Å²) in [6, 6.07) is 11.0. The first kappa shape index (κ1) is 19.6. The molecule has 1 aromatic heterocycles. The van der Waals surface area contributed by atoms with Crippen molar-refractivity contribution in [3.05, 3.63) is 46.7 Å². The lowest BCUT2D eigenvalue weighted by molar-refractivity contribution is -0.137. The number of fused-ring (bicyclic) bond motifs is 2. The SMILES string of the molecule is COc1ccc(N2N=C3C(=O)OC[C@@]34S[C@@H]3NN=C(C(=O)OCc5cccs5)[C@@H]3[C@@H]24)cc1. The number of hydrogen-bond donors (Lipinski definition) is 1. The van der Waals surface area contributed by atoms with E-state index in [9.17, 15) is 9.59 Å². The smallest absolute Gasteiger partial charge is 0.356 e. The van der Waals surface area contributed by atoms with Crippen molar-refractivity contribution in [1.29, 1.82) is 0 Å². The number of carbonyl (C=O) groups is 2. The number of ether oxygens (including phenoxy) is 3. The molecule has 1 N–H and O–H groups in total. The number of rotatable bonds is 5. The maximum atomic E-state index is 13.0. The van der Waals surface area contributed by atoms with Gasteiger partial charge in [0.2, 0.25) is 0 Å². The molecule has 0 saturated carbocycles. The molecule has 4 aliphatic heterocycles. The number of hydrogen-bond acceptors (Lipinski definition) is 11. The molecule has 6 rings (SSSR count). The number of cyclic esters (lactones) is 1. The Balaban J connectivity index is 1.33. The van der Waals surface area contributed by atoms with Crippen molar-refractivity contribution in [1.82, 2.24) is 5.43 Å². The van der Waals surface area contributed by atoms with Gasteiger partial charge in [-0.25, -0.2) is 9.59 Å². The van der Waals surface area contributed by atoms with Gasteiger partial charge in [-0.2, -0.15) is 10.2 Å². The number of esters is 2. The Hall–Kier alpha value is -3.05. The van der Waals surface area contributed by atoms with Crippen molar-refractivity contribution < 1.29 is 23.8 Å². The third-order valence-corrected chi connectivity index (χ3v) is 8.54. The summed E-state index contributed by atoms with van der Waals surface area (Å²) < 4.78 is 15.5. The van der Waals surface area contributed by atoms with Gasteiger partial charge in [-0.1, -0.05) is 6.07 Å². The molecule has 2 aromatic rings. The second-order valence-electron chi connectivity index (χ2n) is 7.75. The molecule has 1 spiro atoms. The Morgan fingerprint density at radius 1 is 1.34 bits per heavy atom. The fourth-order valence-electron chi connectivity index (χ4n) is 4.62. The maximum Gasteiger partial charge on any atom is 0.356 e. The maximum absolute atomic E-state index is 13.0. The number of nitrogens with one attached hydrogen (secondary N) is 1. The van der Waals surface area contributed by atoms with E-state index in [-0.39, 0.29) is 30.5 Å². The summed E-state index contributed by atoms with van der Waals surface area (Å²) >= 11 is 3.07. The standard InChI is InChI=1S/C21H18N4O5S2/c1-28-12-6-4-11(5-7-12)25-17-14-15(19(26)29-9-13-3-2-8-31-13)22-23-18(14)32-21(17)10-30-20(27)16(21)24-25/h2-8,14,17-18,23H,9-10H2,1H3/t14-,17-,18+,21-/m1/s1. The van der Waals surface area contributed by atoms with Gasteiger partial charge in [-0.05, 0) is 35.7 Å². The number of methoxy groups -OCH3 is 1. The molecule has 9 nitrogen and oxygen atoms in total. The largest absolute Gasteiger partial charge is 0.497 e. The zero-order valence-corrected chi connectivity index (χ0v) is 18.5. The first-order chi connectivity index (χ1) is 15.6. The van der Waals surface area contributed by atoms with Crippen LogP contribution in [0, 0.1) is 5.92 Å². The van der Waals surface area contributed by atoms with Gasteiger partial charge in [0.05, 0.1) is 24.8 Å². The van der Waals surface area contributed by atoms with Crippen LogP contribution < -0.4 is 15.2 Å². The van der Waals surface area contributed by atoms with Crippen LogP contribution in [0.2, 0.25) is 0 Å². The van der Waals surface area contributed by atoms with Crippen molar-refractivity contribution in [3.63, 3.8) is 0 Å². The van der Waals surface area contributed by atoms with E-state index in [1.807, 2.05) is 46.8 Å². The second kappa shape index (κ2) is 7.24. The highest BCUT2D eigenvalue weighted by Crippen LogP contribution is 2.57. The summed E-state index contributed by atoms with van der Waals surface area (Å²) in [6.07, 6.45) is 0. The van der Waals surface area contributed by atoms with Crippen LogP contribution in [0.5, 0.6) is 5.75 Å². The first-order valence-corrected chi connectivity index (χ1v) is 11.8. The quantitative estimate of drug-likeness (QED) is 0.662. The molecule has 5 heterocycles. The van der Waals surface area contributed by atoms with Crippen molar-refractivity contribution >= 4 is 52.1 Å². The second-order valence-corrected chi connectivity index (χ2v) is 10.3. The van der Waals surface area contributed by atoms with Crippen molar-refractivity contribution in [2.45, 2.75) is 22.8 Å². The topological polar surface area (TPSA) is 102 Å². The fraction of sp³-hybridized carbons (Fsp3) is 0.333. The number of anilines is 1.